The summed E-state index contributed by atoms with van der Waals surface area (Å²) in [5.74, 6) is -0.190. The normalized spacial score (nSPS) is 16.6. The molecule has 1 fully saturated rings. The third kappa shape index (κ3) is 5.37. The van der Waals surface area contributed by atoms with E-state index in [4.69, 9.17) is 21.9 Å². The van der Waals surface area contributed by atoms with Gasteiger partial charge < -0.3 is 24.8 Å². The van der Waals surface area contributed by atoms with Crippen molar-refractivity contribution in [2.75, 3.05) is 23.9 Å². The fraction of sp³-hybridized carbons (Fsp3) is 0.303. The minimum Gasteiger partial charge on any atom is -0.375 e. The molecular formula is C33H37N5O2S. The Morgan fingerprint density at radius 1 is 1.05 bits per heavy atom. The SMILES string of the molecule is CCc1cccc(C)c1-n1c(C)cc(C2C(c3ccccn3)NC(=S)N2c2ccc(NC(=O)COC)c(C)c2)c1C. The lowest BCUT2D eigenvalue weighted by atomic mass is 9.96. The second-order valence-corrected chi connectivity index (χ2v) is 11.0. The first-order valence-electron chi connectivity index (χ1n) is 13.9. The molecule has 0 bridgehead atoms. The first-order valence-corrected chi connectivity index (χ1v) is 14.3. The van der Waals surface area contributed by atoms with Gasteiger partial charge in [-0.3, -0.25) is 9.78 Å². The number of hydrogen-bond acceptors (Lipinski definition) is 4. The molecule has 1 aliphatic heterocycles. The van der Waals surface area contributed by atoms with Gasteiger partial charge in [-0.2, -0.15) is 0 Å². The molecule has 2 atom stereocenters. The van der Waals surface area contributed by atoms with Crippen molar-refractivity contribution in [2.45, 2.75) is 53.1 Å². The van der Waals surface area contributed by atoms with Gasteiger partial charge in [-0.1, -0.05) is 31.2 Å². The Morgan fingerprint density at radius 2 is 1.85 bits per heavy atom. The smallest absolute Gasteiger partial charge is 0.250 e. The number of rotatable bonds is 8. The van der Waals surface area contributed by atoms with E-state index in [1.807, 2.05) is 43.5 Å². The zero-order valence-electron chi connectivity index (χ0n) is 24.5. The van der Waals surface area contributed by atoms with Crippen molar-refractivity contribution in [3.8, 4) is 5.69 Å². The van der Waals surface area contributed by atoms with Crippen LogP contribution in [0.4, 0.5) is 11.4 Å². The largest absolute Gasteiger partial charge is 0.375 e. The lowest BCUT2D eigenvalue weighted by molar-refractivity contribution is -0.119. The van der Waals surface area contributed by atoms with Crippen LogP contribution in [0.3, 0.4) is 0 Å². The number of amides is 1. The van der Waals surface area contributed by atoms with Gasteiger partial charge in [0.2, 0.25) is 5.91 Å². The highest BCUT2D eigenvalue weighted by atomic mass is 32.1. The van der Waals surface area contributed by atoms with Gasteiger partial charge in [0.15, 0.2) is 5.11 Å². The lowest BCUT2D eigenvalue weighted by Gasteiger charge is -2.29. The van der Waals surface area contributed by atoms with Crippen molar-refractivity contribution < 1.29 is 9.53 Å². The number of aryl methyl sites for hydroxylation is 4. The second kappa shape index (κ2) is 11.8. The molecule has 7 nitrogen and oxygen atoms in total. The van der Waals surface area contributed by atoms with Gasteiger partial charge in [-0.05, 0) is 105 Å². The molecule has 41 heavy (non-hydrogen) atoms. The standard InChI is InChI=1S/C33H37N5O2S/c1-7-24-12-10-11-20(2)31(24)37-22(4)18-26(23(37)5)32-30(28-13-8-9-16-34-28)36-33(41)38(32)25-14-15-27(21(3)17-25)35-29(39)19-40-6/h8-18,30,32H,7,19H2,1-6H3,(H,35,39)(H,36,41). The first-order chi connectivity index (χ1) is 19.7. The highest BCUT2D eigenvalue weighted by Crippen LogP contribution is 2.44. The molecule has 5 rings (SSSR count). The predicted octanol–water partition coefficient (Wildman–Crippen LogP) is 6.43. The van der Waals surface area contributed by atoms with Gasteiger partial charge in [0.1, 0.15) is 6.61 Å². The molecule has 1 amide bonds. The van der Waals surface area contributed by atoms with Crippen LogP contribution in [-0.2, 0) is 16.0 Å². The molecule has 2 aromatic carbocycles. The molecule has 1 saturated heterocycles. The number of ether oxygens (including phenoxy) is 1. The first kappa shape index (κ1) is 28.5. The highest BCUT2D eigenvalue weighted by molar-refractivity contribution is 7.80. The summed E-state index contributed by atoms with van der Waals surface area (Å²) in [6, 6.07) is 20.5. The molecule has 0 spiro atoms. The summed E-state index contributed by atoms with van der Waals surface area (Å²) >= 11 is 5.99. The number of carbonyl (C=O) groups excluding carboxylic acids is 1. The number of thiocarbonyl (C=S) groups is 1. The number of hydrogen-bond donors (Lipinski definition) is 2. The molecule has 0 saturated carbocycles. The van der Waals surface area contributed by atoms with Gasteiger partial charge in [0, 0.05) is 36.1 Å². The summed E-state index contributed by atoms with van der Waals surface area (Å²) in [6.07, 6.45) is 2.78. The Bertz CT molecular complexity index is 1600. The average molecular weight is 568 g/mol. The molecule has 2 unspecified atom stereocenters. The number of methoxy groups -OCH3 is 1. The van der Waals surface area contributed by atoms with Crippen LogP contribution < -0.4 is 15.5 Å². The maximum Gasteiger partial charge on any atom is 0.250 e. The Morgan fingerprint density at radius 3 is 2.54 bits per heavy atom. The molecule has 8 heteroatoms. The summed E-state index contributed by atoms with van der Waals surface area (Å²) in [4.78, 5) is 19.1. The van der Waals surface area contributed by atoms with Crippen molar-refractivity contribution in [2.24, 2.45) is 0 Å². The van der Waals surface area contributed by atoms with Crippen molar-refractivity contribution in [1.29, 1.82) is 0 Å². The maximum atomic E-state index is 12.2. The van der Waals surface area contributed by atoms with Gasteiger partial charge in [0.05, 0.1) is 23.5 Å². The number of aromatic nitrogens is 2. The summed E-state index contributed by atoms with van der Waals surface area (Å²) < 4.78 is 7.36. The quantitative estimate of drug-likeness (QED) is 0.239. The van der Waals surface area contributed by atoms with Crippen LogP contribution in [0.5, 0.6) is 0 Å². The number of nitrogens with one attached hydrogen (secondary N) is 2. The van der Waals surface area contributed by atoms with Crippen LogP contribution >= 0.6 is 12.2 Å². The zero-order valence-corrected chi connectivity index (χ0v) is 25.3. The van der Waals surface area contributed by atoms with E-state index in [9.17, 15) is 4.79 Å². The summed E-state index contributed by atoms with van der Waals surface area (Å²) in [7, 11) is 1.51. The fourth-order valence-corrected chi connectivity index (χ4v) is 6.31. The third-order valence-corrected chi connectivity index (χ3v) is 8.17. The molecule has 3 heterocycles. The van der Waals surface area contributed by atoms with Gasteiger partial charge in [-0.15, -0.1) is 0 Å². The van der Waals surface area contributed by atoms with E-state index in [2.05, 4.69) is 78.1 Å². The zero-order chi connectivity index (χ0) is 29.3. The van der Waals surface area contributed by atoms with Crippen LogP contribution in [-0.4, -0.2) is 34.3 Å². The van der Waals surface area contributed by atoms with Crippen LogP contribution in [0, 0.1) is 27.7 Å². The lowest BCUT2D eigenvalue weighted by Crippen LogP contribution is -2.29. The Balaban J connectivity index is 1.64. The van der Waals surface area contributed by atoms with E-state index in [0.717, 1.165) is 29.1 Å². The Kier molecular flexibility index (Phi) is 8.24. The number of carbonyl (C=O) groups is 1. The van der Waals surface area contributed by atoms with Crippen molar-refractivity contribution >= 4 is 34.6 Å². The van der Waals surface area contributed by atoms with E-state index < -0.39 is 0 Å². The maximum absolute atomic E-state index is 12.2. The molecule has 1 aliphatic rings. The molecule has 0 aliphatic carbocycles. The van der Waals surface area contributed by atoms with Crippen LogP contribution in [0.2, 0.25) is 0 Å². The molecule has 212 valence electrons. The Labute approximate surface area is 247 Å². The van der Waals surface area contributed by atoms with Crippen LogP contribution in [0.1, 0.15) is 58.3 Å². The van der Waals surface area contributed by atoms with E-state index in [1.54, 1.807) is 0 Å². The van der Waals surface area contributed by atoms with Gasteiger partial charge in [-0.25, -0.2) is 0 Å². The minimum absolute atomic E-state index is 0.00536. The number of pyridine rings is 1. The molecular weight excluding hydrogens is 530 g/mol. The average Bonchev–Trinajstić information content (AvgIpc) is 3.45. The Hall–Kier alpha value is -4.01. The molecule has 0 radical (unpaired) electrons. The molecule has 4 aromatic rings. The predicted molar refractivity (Wildman–Crippen MR) is 169 cm³/mol. The highest BCUT2D eigenvalue weighted by Gasteiger charge is 2.42. The summed E-state index contributed by atoms with van der Waals surface area (Å²) in [5.41, 5.74) is 10.9. The van der Waals surface area contributed by atoms with Crippen molar-refractivity contribution in [3.05, 3.63) is 106 Å². The van der Waals surface area contributed by atoms with Crippen LogP contribution in [0.15, 0.2) is 66.9 Å². The van der Waals surface area contributed by atoms with Gasteiger partial charge in [0.25, 0.3) is 0 Å². The monoisotopic (exact) mass is 567 g/mol. The number of nitrogens with zero attached hydrogens (tertiary/aromatic N) is 3. The van der Waals surface area contributed by atoms with Crippen molar-refractivity contribution in [1.82, 2.24) is 14.9 Å². The summed E-state index contributed by atoms with van der Waals surface area (Å²) in [5, 5.41) is 7.14. The summed E-state index contributed by atoms with van der Waals surface area (Å²) in [6.45, 7) is 10.7. The van der Waals surface area contributed by atoms with Gasteiger partial charge >= 0.3 is 0 Å². The molecule has 2 N–H and O–H groups in total. The van der Waals surface area contributed by atoms with Crippen LogP contribution in [0.25, 0.3) is 5.69 Å². The molecule has 2 aromatic heterocycles. The minimum atomic E-state index is -0.190. The topological polar surface area (TPSA) is 71.4 Å². The van der Waals surface area contributed by atoms with E-state index in [-0.39, 0.29) is 24.6 Å². The fourth-order valence-electron chi connectivity index (χ4n) is 5.96. The second-order valence-electron chi connectivity index (χ2n) is 10.6. The number of benzene rings is 2. The van der Waals surface area contributed by atoms with E-state index in [1.165, 1.54) is 40.9 Å². The number of anilines is 2. The number of para-hydroxylation sites is 1. The third-order valence-electron chi connectivity index (χ3n) is 7.85. The van der Waals surface area contributed by atoms with E-state index >= 15 is 0 Å². The van der Waals surface area contributed by atoms with Crippen molar-refractivity contribution in [3.63, 3.8) is 0 Å². The van der Waals surface area contributed by atoms with E-state index in [0.29, 0.717) is 5.11 Å².